The van der Waals surface area contributed by atoms with Gasteiger partial charge in [-0.15, -0.1) is 0 Å². The van der Waals surface area contributed by atoms with Gasteiger partial charge in [0, 0.05) is 44.6 Å². The minimum absolute atomic E-state index is 0.414. The van der Waals surface area contributed by atoms with Crippen LogP contribution in [0.2, 0.25) is 0 Å². The number of rotatable bonds is 7. The van der Waals surface area contributed by atoms with Crippen molar-refractivity contribution in [3.63, 3.8) is 0 Å². The number of imidazole rings is 1. The summed E-state index contributed by atoms with van der Waals surface area (Å²) >= 11 is 0. The smallest absolute Gasteiger partial charge is 0.193 e. The van der Waals surface area contributed by atoms with Gasteiger partial charge >= 0.3 is 0 Å². The van der Waals surface area contributed by atoms with Crippen LogP contribution in [0.15, 0.2) is 48.0 Å². The van der Waals surface area contributed by atoms with Gasteiger partial charge in [0.05, 0.1) is 32.7 Å². The highest BCUT2D eigenvalue weighted by molar-refractivity contribution is 5.80. The molecule has 152 valence electrons. The first-order valence-electron chi connectivity index (χ1n) is 9.85. The Morgan fingerprint density at radius 1 is 1.36 bits per heavy atom. The number of piperidine rings is 1. The minimum Gasteiger partial charge on any atom is -0.496 e. The first-order valence-corrected chi connectivity index (χ1v) is 9.85. The lowest BCUT2D eigenvalue weighted by Crippen LogP contribution is -2.49. The Labute approximate surface area is 167 Å². The van der Waals surface area contributed by atoms with Gasteiger partial charge in [-0.2, -0.15) is 0 Å². The molecule has 0 bridgehead atoms. The average molecular weight is 386 g/mol. The normalized spacial score (nSPS) is 20.2. The number of aromatic nitrogens is 2. The van der Waals surface area contributed by atoms with Crippen LogP contribution < -0.4 is 10.1 Å². The molecule has 2 unspecified atom stereocenters. The van der Waals surface area contributed by atoms with E-state index < -0.39 is 0 Å². The zero-order valence-corrected chi connectivity index (χ0v) is 17.0. The Kier molecular flexibility index (Phi) is 7.31. The van der Waals surface area contributed by atoms with Crippen molar-refractivity contribution in [2.45, 2.75) is 26.0 Å². The Morgan fingerprint density at radius 3 is 2.96 bits per heavy atom. The molecular formula is C21H31N5O2. The summed E-state index contributed by atoms with van der Waals surface area (Å²) in [6.45, 7) is 6.10. The summed E-state index contributed by atoms with van der Waals surface area (Å²) in [5, 5.41) is 3.43. The number of ether oxygens (including phenoxy) is 2. The van der Waals surface area contributed by atoms with Crippen molar-refractivity contribution in [1.29, 1.82) is 0 Å². The van der Waals surface area contributed by atoms with Crippen molar-refractivity contribution in [2.75, 3.05) is 40.4 Å². The van der Waals surface area contributed by atoms with Crippen LogP contribution in [0.3, 0.4) is 0 Å². The molecule has 1 aromatic heterocycles. The molecule has 1 fully saturated rings. The maximum absolute atomic E-state index is 5.81. The molecule has 1 aliphatic rings. The number of methoxy groups -OCH3 is 1. The van der Waals surface area contributed by atoms with Crippen molar-refractivity contribution >= 4 is 5.96 Å². The van der Waals surface area contributed by atoms with Gasteiger partial charge < -0.3 is 24.3 Å². The molecular weight excluding hydrogens is 354 g/mol. The second-order valence-corrected chi connectivity index (χ2v) is 7.13. The van der Waals surface area contributed by atoms with Gasteiger partial charge in [-0.05, 0) is 18.4 Å². The van der Waals surface area contributed by atoms with Crippen molar-refractivity contribution in [3.05, 3.63) is 48.5 Å². The number of aliphatic imine (C=N–C) groups is 1. The molecule has 2 aromatic rings. The highest BCUT2D eigenvalue weighted by Gasteiger charge is 2.28. The van der Waals surface area contributed by atoms with Gasteiger partial charge in [0.25, 0.3) is 0 Å². The Morgan fingerprint density at radius 2 is 2.21 bits per heavy atom. The van der Waals surface area contributed by atoms with Crippen molar-refractivity contribution in [1.82, 2.24) is 19.8 Å². The van der Waals surface area contributed by atoms with E-state index in [1.54, 1.807) is 7.11 Å². The third-order valence-electron chi connectivity index (χ3n) is 5.32. The molecule has 7 heteroatoms. The predicted octanol–water partition coefficient (Wildman–Crippen LogP) is 2.57. The van der Waals surface area contributed by atoms with E-state index in [0.717, 1.165) is 36.8 Å². The molecule has 2 atom stereocenters. The van der Waals surface area contributed by atoms with E-state index in [-0.39, 0.29) is 0 Å². The van der Waals surface area contributed by atoms with Crippen molar-refractivity contribution < 1.29 is 9.47 Å². The number of likely N-dealkylation sites (tertiary alicyclic amines) is 1. The zero-order valence-electron chi connectivity index (χ0n) is 17.0. The van der Waals surface area contributed by atoms with Crippen molar-refractivity contribution in [2.24, 2.45) is 10.9 Å². The Balaban J connectivity index is 1.45. The maximum atomic E-state index is 5.81. The predicted molar refractivity (Wildman–Crippen MR) is 111 cm³/mol. The van der Waals surface area contributed by atoms with Crippen LogP contribution in [0.1, 0.15) is 24.9 Å². The van der Waals surface area contributed by atoms with E-state index >= 15 is 0 Å². The van der Waals surface area contributed by atoms with E-state index in [0.29, 0.717) is 31.7 Å². The SMILES string of the molecule is CN=C(NCCOCc1ccccc1OC)N1CCC(C)C(n2ccnc2)C1. The molecule has 28 heavy (non-hydrogen) atoms. The van der Waals surface area contributed by atoms with Gasteiger partial charge in [-0.1, -0.05) is 25.1 Å². The average Bonchev–Trinajstić information content (AvgIpc) is 3.26. The third-order valence-corrected chi connectivity index (χ3v) is 5.32. The van der Waals surface area contributed by atoms with Gasteiger partial charge in [0.2, 0.25) is 0 Å². The van der Waals surface area contributed by atoms with Crippen LogP contribution in [-0.2, 0) is 11.3 Å². The summed E-state index contributed by atoms with van der Waals surface area (Å²) in [6.07, 6.45) is 6.94. The summed E-state index contributed by atoms with van der Waals surface area (Å²) in [6, 6.07) is 8.35. The molecule has 0 aliphatic carbocycles. The van der Waals surface area contributed by atoms with E-state index in [9.17, 15) is 0 Å². The van der Waals surface area contributed by atoms with Gasteiger partial charge in [0.1, 0.15) is 5.75 Å². The number of guanidine groups is 1. The van der Waals surface area contributed by atoms with E-state index in [4.69, 9.17) is 9.47 Å². The van der Waals surface area contributed by atoms with Gasteiger partial charge in [0.15, 0.2) is 5.96 Å². The minimum atomic E-state index is 0.414. The van der Waals surface area contributed by atoms with Crippen LogP contribution in [0.5, 0.6) is 5.75 Å². The Hall–Kier alpha value is -2.54. The van der Waals surface area contributed by atoms with Crippen LogP contribution in [-0.4, -0.2) is 60.8 Å². The van der Waals surface area contributed by atoms with Crippen molar-refractivity contribution in [3.8, 4) is 5.75 Å². The molecule has 1 aromatic carbocycles. The van der Waals surface area contributed by atoms with Gasteiger partial charge in [-0.3, -0.25) is 4.99 Å². The molecule has 1 N–H and O–H groups in total. The van der Waals surface area contributed by atoms with Crippen LogP contribution in [0, 0.1) is 5.92 Å². The number of nitrogens with zero attached hydrogens (tertiary/aromatic N) is 4. The van der Waals surface area contributed by atoms with Gasteiger partial charge in [-0.25, -0.2) is 4.98 Å². The highest BCUT2D eigenvalue weighted by Crippen LogP contribution is 2.27. The van der Waals surface area contributed by atoms with Crippen LogP contribution >= 0.6 is 0 Å². The fraction of sp³-hybridized carbons (Fsp3) is 0.524. The quantitative estimate of drug-likeness (QED) is 0.451. The zero-order chi connectivity index (χ0) is 19.8. The summed E-state index contributed by atoms with van der Waals surface area (Å²) in [4.78, 5) is 11.0. The lowest BCUT2D eigenvalue weighted by molar-refractivity contribution is 0.122. The largest absolute Gasteiger partial charge is 0.496 e. The maximum Gasteiger partial charge on any atom is 0.193 e. The number of hydrogen-bond acceptors (Lipinski definition) is 4. The molecule has 3 rings (SSSR count). The number of hydrogen-bond donors (Lipinski definition) is 1. The molecule has 0 amide bonds. The fourth-order valence-corrected chi connectivity index (χ4v) is 3.67. The summed E-state index contributed by atoms with van der Waals surface area (Å²) in [5.41, 5.74) is 1.06. The first-order chi connectivity index (χ1) is 13.7. The summed E-state index contributed by atoms with van der Waals surface area (Å²) < 4.78 is 13.4. The summed E-state index contributed by atoms with van der Waals surface area (Å²) in [7, 11) is 3.52. The second-order valence-electron chi connectivity index (χ2n) is 7.13. The Bertz CT molecular complexity index is 747. The molecule has 1 aliphatic heterocycles. The molecule has 0 saturated carbocycles. The second kappa shape index (κ2) is 10.1. The van der Waals surface area contributed by atoms with E-state index in [2.05, 4.69) is 31.7 Å². The first kappa shape index (κ1) is 20.2. The lowest BCUT2D eigenvalue weighted by atomic mass is 9.93. The van der Waals surface area contributed by atoms with E-state index in [1.165, 1.54) is 0 Å². The standard InChI is InChI=1S/C21H31N5O2/c1-17-8-11-25(14-19(17)26-12-9-23-16-26)21(22-2)24-10-13-28-15-18-6-4-5-7-20(18)27-3/h4-7,9,12,16-17,19H,8,10-11,13-15H2,1-3H3,(H,22,24). The molecule has 2 heterocycles. The molecule has 7 nitrogen and oxygen atoms in total. The third kappa shape index (κ3) is 5.04. The molecule has 0 spiro atoms. The van der Waals surface area contributed by atoms with Crippen LogP contribution in [0.25, 0.3) is 0 Å². The number of nitrogens with one attached hydrogen (secondary N) is 1. The fourth-order valence-electron chi connectivity index (χ4n) is 3.67. The topological polar surface area (TPSA) is 63.9 Å². The molecule has 1 saturated heterocycles. The number of benzene rings is 1. The lowest BCUT2D eigenvalue weighted by Gasteiger charge is -2.39. The monoisotopic (exact) mass is 385 g/mol. The highest BCUT2D eigenvalue weighted by atomic mass is 16.5. The van der Waals surface area contributed by atoms with Crippen LogP contribution in [0.4, 0.5) is 0 Å². The molecule has 0 radical (unpaired) electrons. The van der Waals surface area contributed by atoms with E-state index in [1.807, 2.05) is 50.0 Å². The number of para-hydroxylation sites is 1. The summed E-state index contributed by atoms with van der Waals surface area (Å²) in [5.74, 6) is 2.41.